The second-order valence-electron chi connectivity index (χ2n) is 5.74. The number of hydrogen-bond donors (Lipinski definition) is 1. The summed E-state index contributed by atoms with van der Waals surface area (Å²) < 4.78 is 8.11. The van der Waals surface area contributed by atoms with E-state index >= 15 is 0 Å². The third-order valence-corrected chi connectivity index (χ3v) is 4.02. The lowest BCUT2D eigenvalue weighted by molar-refractivity contribution is 0.284. The number of fused-ring (bicyclic) bond motifs is 1. The van der Waals surface area contributed by atoms with Crippen molar-refractivity contribution in [3.05, 3.63) is 41.0 Å². The molecule has 1 aliphatic heterocycles. The van der Waals surface area contributed by atoms with Gasteiger partial charge in [-0.25, -0.2) is 0 Å². The number of rotatable bonds is 4. The minimum Gasteiger partial charge on any atom is -0.485 e. The van der Waals surface area contributed by atoms with Crippen LogP contribution in [0.1, 0.15) is 48.6 Å². The van der Waals surface area contributed by atoms with Crippen LogP contribution in [-0.2, 0) is 19.6 Å². The molecule has 1 unspecified atom stereocenters. The fraction of sp³-hybridized carbons (Fsp3) is 0.500. The molecule has 112 valence electrons. The molecule has 2 aromatic rings. The summed E-state index contributed by atoms with van der Waals surface area (Å²) >= 11 is 0. The first-order valence-corrected chi connectivity index (χ1v) is 7.55. The molecule has 5 nitrogen and oxygen atoms in total. The van der Waals surface area contributed by atoms with Crippen LogP contribution < -0.4 is 10.5 Å². The molecule has 0 fully saturated rings. The highest BCUT2D eigenvalue weighted by molar-refractivity contribution is 5.37. The van der Waals surface area contributed by atoms with Gasteiger partial charge in [0.1, 0.15) is 18.2 Å². The second kappa shape index (κ2) is 5.85. The van der Waals surface area contributed by atoms with Crippen LogP contribution in [-0.4, -0.2) is 14.8 Å². The SMILES string of the molecule is Cc1cc(C(C)N)ccc1OCc1nnc2n1CCCC2. The Bertz CT molecular complexity index is 633. The molecule has 1 aromatic carbocycles. The van der Waals surface area contributed by atoms with E-state index in [4.69, 9.17) is 10.5 Å². The number of nitrogens with two attached hydrogens (primary N) is 1. The third-order valence-electron chi connectivity index (χ3n) is 4.02. The van der Waals surface area contributed by atoms with Gasteiger partial charge in [-0.05, 0) is 43.9 Å². The lowest BCUT2D eigenvalue weighted by Crippen LogP contribution is -2.14. The van der Waals surface area contributed by atoms with E-state index in [0.717, 1.165) is 41.5 Å². The van der Waals surface area contributed by atoms with Gasteiger partial charge in [0.2, 0.25) is 0 Å². The number of aromatic nitrogens is 3. The monoisotopic (exact) mass is 286 g/mol. The first-order valence-electron chi connectivity index (χ1n) is 7.55. The summed E-state index contributed by atoms with van der Waals surface area (Å²) in [6, 6.07) is 6.13. The largest absolute Gasteiger partial charge is 0.485 e. The molecular weight excluding hydrogens is 264 g/mol. The molecular formula is C16H22N4O. The average Bonchev–Trinajstić information content (AvgIpc) is 2.89. The number of nitrogens with zero attached hydrogens (tertiary/aromatic N) is 3. The smallest absolute Gasteiger partial charge is 0.171 e. The predicted octanol–water partition coefficient (Wildman–Crippen LogP) is 2.52. The first-order chi connectivity index (χ1) is 10.1. The van der Waals surface area contributed by atoms with Crippen molar-refractivity contribution in [2.45, 2.75) is 52.3 Å². The maximum absolute atomic E-state index is 5.92. The van der Waals surface area contributed by atoms with Crippen LogP contribution >= 0.6 is 0 Å². The number of hydrogen-bond acceptors (Lipinski definition) is 4. The molecule has 3 rings (SSSR count). The minimum atomic E-state index is 0.0428. The fourth-order valence-electron chi connectivity index (χ4n) is 2.74. The predicted molar refractivity (Wildman–Crippen MR) is 81.1 cm³/mol. The number of ether oxygens (including phenoxy) is 1. The van der Waals surface area contributed by atoms with E-state index in [1.807, 2.05) is 26.0 Å². The van der Waals surface area contributed by atoms with E-state index in [2.05, 4.69) is 20.8 Å². The van der Waals surface area contributed by atoms with Gasteiger partial charge in [0.25, 0.3) is 0 Å². The van der Waals surface area contributed by atoms with E-state index < -0.39 is 0 Å². The molecule has 0 radical (unpaired) electrons. The molecule has 0 saturated heterocycles. The molecule has 0 amide bonds. The maximum atomic E-state index is 5.92. The van der Waals surface area contributed by atoms with Gasteiger partial charge >= 0.3 is 0 Å². The third kappa shape index (κ3) is 2.93. The first kappa shape index (κ1) is 14.1. The summed E-state index contributed by atoms with van der Waals surface area (Å²) in [4.78, 5) is 0. The Hall–Kier alpha value is -1.88. The molecule has 21 heavy (non-hydrogen) atoms. The van der Waals surface area contributed by atoms with Gasteiger partial charge < -0.3 is 15.0 Å². The normalized spacial score (nSPS) is 15.6. The Kier molecular flexibility index (Phi) is 3.92. The topological polar surface area (TPSA) is 66.0 Å². The quantitative estimate of drug-likeness (QED) is 0.938. The van der Waals surface area contributed by atoms with Crippen LogP contribution in [0.4, 0.5) is 0 Å². The highest BCUT2D eigenvalue weighted by atomic mass is 16.5. The van der Waals surface area contributed by atoms with E-state index in [9.17, 15) is 0 Å². The van der Waals surface area contributed by atoms with Gasteiger partial charge in [-0.15, -0.1) is 10.2 Å². The standard InChI is InChI=1S/C16H22N4O/c1-11-9-13(12(2)17)6-7-14(11)21-10-16-19-18-15-5-3-4-8-20(15)16/h6-7,9,12H,3-5,8,10,17H2,1-2H3. The summed E-state index contributed by atoms with van der Waals surface area (Å²) in [7, 11) is 0. The van der Waals surface area contributed by atoms with Gasteiger partial charge in [-0.1, -0.05) is 12.1 Å². The molecule has 5 heteroatoms. The van der Waals surface area contributed by atoms with Crippen LogP contribution in [0.15, 0.2) is 18.2 Å². The molecule has 2 N–H and O–H groups in total. The zero-order valence-corrected chi connectivity index (χ0v) is 12.7. The van der Waals surface area contributed by atoms with Gasteiger partial charge in [-0.2, -0.15) is 0 Å². The number of benzene rings is 1. The Morgan fingerprint density at radius 3 is 2.95 bits per heavy atom. The summed E-state index contributed by atoms with van der Waals surface area (Å²) in [6.45, 7) is 5.49. The van der Waals surface area contributed by atoms with E-state index in [-0.39, 0.29) is 6.04 Å². The van der Waals surface area contributed by atoms with Crippen molar-refractivity contribution in [1.29, 1.82) is 0 Å². The molecule has 1 atom stereocenters. The lowest BCUT2D eigenvalue weighted by Gasteiger charge is -2.16. The van der Waals surface area contributed by atoms with E-state index in [1.165, 1.54) is 12.8 Å². The van der Waals surface area contributed by atoms with Crippen LogP contribution in [0, 0.1) is 6.92 Å². The molecule has 0 spiro atoms. The summed E-state index contributed by atoms with van der Waals surface area (Å²) in [5, 5.41) is 8.50. The molecule has 0 saturated carbocycles. The Morgan fingerprint density at radius 1 is 1.33 bits per heavy atom. The van der Waals surface area contributed by atoms with Crippen molar-refractivity contribution in [2.24, 2.45) is 5.73 Å². The van der Waals surface area contributed by atoms with Gasteiger partial charge in [0, 0.05) is 19.0 Å². The Labute approximate surface area is 125 Å². The van der Waals surface area contributed by atoms with Crippen LogP contribution in [0.25, 0.3) is 0 Å². The molecule has 2 heterocycles. The van der Waals surface area contributed by atoms with Crippen LogP contribution in [0.5, 0.6) is 5.75 Å². The molecule has 0 aliphatic carbocycles. The zero-order chi connectivity index (χ0) is 14.8. The van der Waals surface area contributed by atoms with Crippen molar-refractivity contribution in [1.82, 2.24) is 14.8 Å². The molecule has 1 aromatic heterocycles. The van der Waals surface area contributed by atoms with Gasteiger partial charge in [-0.3, -0.25) is 0 Å². The Balaban J connectivity index is 1.72. The van der Waals surface area contributed by atoms with Crippen molar-refractivity contribution in [3.8, 4) is 5.75 Å². The summed E-state index contributed by atoms with van der Waals surface area (Å²) in [5.74, 6) is 2.89. The minimum absolute atomic E-state index is 0.0428. The maximum Gasteiger partial charge on any atom is 0.171 e. The van der Waals surface area contributed by atoms with E-state index in [1.54, 1.807) is 0 Å². The highest BCUT2D eigenvalue weighted by Gasteiger charge is 2.16. The zero-order valence-electron chi connectivity index (χ0n) is 12.7. The van der Waals surface area contributed by atoms with Gasteiger partial charge in [0.15, 0.2) is 5.82 Å². The second-order valence-corrected chi connectivity index (χ2v) is 5.74. The van der Waals surface area contributed by atoms with Crippen molar-refractivity contribution >= 4 is 0 Å². The van der Waals surface area contributed by atoms with Crippen molar-refractivity contribution < 1.29 is 4.74 Å². The molecule has 1 aliphatic rings. The van der Waals surface area contributed by atoms with Crippen LogP contribution in [0.3, 0.4) is 0 Å². The van der Waals surface area contributed by atoms with Crippen molar-refractivity contribution in [3.63, 3.8) is 0 Å². The fourth-order valence-corrected chi connectivity index (χ4v) is 2.74. The van der Waals surface area contributed by atoms with Crippen LogP contribution in [0.2, 0.25) is 0 Å². The van der Waals surface area contributed by atoms with E-state index in [0.29, 0.717) is 6.61 Å². The average molecular weight is 286 g/mol. The lowest BCUT2D eigenvalue weighted by atomic mass is 10.1. The van der Waals surface area contributed by atoms with Gasteiger partial charge in [0.05, 0.1) is 0 Å². The summed E-state index contributed by atoms with van der Waals surface area (Å²) in [5.41, 5.74) is 8.12. The van der Waals surface area contributed by atoms with Crippen molar-refractivity contribution in [2.75, 3.05) is 0 Å². The summed E-state index contributed by atoms with van der Waals surface area (Å²) in [6.07, 6.45) is 3.42. The molecule has 0 bridgehead atoms. The Morgan fingerprint density at radius 2 is 2.19 bits per heavy atom. The highest BCUT2D eigenvalue weighted by Crippen LogP contribution is 2.23. The number of aryl methyl sites for hydroxylation is 2.